The van der Waals surface area contributed by atoms with Crippen molar-refractivity contribution in [2.24, 2.45) is 0 Å². The van der Waals surface area contributed by atoms with Crippen molar-refractivity contribution in [2.45, 2.75) is 58.7 Å². The molecule has 2 aliphatic rings. The third kappa shape index (κ3) is 5.54. The number of ether oxygens (including phenoxy) is 1. The van der Waals surface area contributed by atoms with E-state index in [2.05, 4.69) is 52.7 Å². The van der Waals surface area contributed by atoms with E-state index in [0.29, 0.717) is 30.6 Å². The highest BCUT2D eigenvalue weighted by Crippen LogP contribution is 2.38. The Hall–Kier alpha value is -2.48. The van der Waals surface area contributed by atoms with Crippen molar-refractivity contribution in [3.05, 3.63) is 52.7 Å². The van der Waals surface area contributed by atoms with Crippen molar-refractivity contribution in [3.8, 4) is 6.01 Å². The zero-order valence-electron chi connectivity index (χ0n) is 20.1. The Morgan fingerprint density at radius 3 is 2.48 bits per heavy atom. The molecule has 1 unspecified atom stereocenters. The maximum absolute atomic E-state index is 11.1. The number of aromatic nitrogens is 2. The molecule has 0 amide bonds. The second kappa shape index (κ2) is 10.6. The normalized spacial score (nSPS) is 17.8. The fraction of sp³-hybridized carbons (Fsp3) is 0.538. The van der Waals surface area contributed by atoms with Gasteiger partial charge in [-0.3, -0.25) is 9.80 Å². The maximum Gasteiger partial charge on any atom is 0.318 e. The fourth-order valence-corrected chi connectivity index (χ4v) is 4.52. The van der Waals surface area contributed by atoms with Crippen molar-refractivity contribution in [1.82, 2.24) is 19.8 Å². The van der Waals surface area contributed by atoms with Crippen LogP contribution < -0.4 is 10.5 Å². The second-order valence-corrected chi connectivity index (χ2v) is 9.33. The molecule has 1 saturated heterocycles. The first-order chi connectivity index (χ1) is 16.0. The lowest BCUT2D eigenvalue weighted by Gasteiger charge is -2.37. The molecular weight excluding hydrogens is 414 g/mol. The molecule has 2 heterocycles. The van der Waals surface area contributed by atoms with Gasteiger partial charge in [0.1, 0.15) is 11.9 Å². The average molecular weight is 452 g/mol. The summed E-state index contributed by atoms with van der Waals surface area (Å²) in [4.78, 5) is 13.9. The topological polar surface area (TPSA) is 87.7 Å². The number of hydrogen-bond acceptors (Lipinski definition) is 7. The summed E-state index contributed by atoms with van der Waals surface area (Å²) in [6.07, 6.45) is 3.84. The second-order valence-electron chi connectivity index (χ2n) is 9.33. The number of anilines is 1. The van der Waals surface area contributed by atoms with Gasteiger partial charge in [0.25, 0.3) is 0 Å². The van der Waals surface area contributed by atoms with Crippen molar-refractivity contribution in [3.63, 3.8) is 0 Å². The smallest absolute Gasteiger partial charge is 0.318 e. The molecule has 3 N–H and O–H groups in total. The number of nitrogens with two attached hydrogens (primary N) is 1. The van der Waals surface area contributed by atoms with Gasteiger partial charge in [-0.1, -0.05) is 43.7 Å². The number of hydrogen-bond donors (Lipinski definition) is 2. The molecule has 1 fully saturated rings. The van der Waals surface area contributed by atoms with Crippen LogP contribution in [0.4, 0.5) is 5.82 Å². The molecule has 1 aliphatic carbocycles. The molecule has 0 spiro atoms. The van der Waals surface area contributed by atoms with Crippen molar-refractivity contribution in [2.75, 3.05) is 38.5 Å². The van der Waals surface area contributed by atoms with Crippen LogP contribution in [0.2, 0.25) is 0 Å². The van der Waals surface area contributed by atoms with E-state index in [1.54, 1.807) is 0 Å². The minimum atomic E-state index is -0.757. The monoisotopic (exact) mass is 451 g/mol. The van der Waals surface area contributed by atoms with Crippen LogP contribution in [-0.4, -0.2) is 63.7 Å². The number of fused-ring (bicyclic) bond motifs is 1. The van der Waals surface area contributed by atoms with Crippen LogP contribution in [0, 0.1) is 0 Å². The third-order valence-electron chi connectivity index (χ3n) is 6.68. The van der Waals surface area contributed by atoms with Gasteiger partial charge in [-0.25, -0.2) is 0 Å². The van der Waals surface area contributed by atoms with Gasteiger partial charge in [0.2, 0.25) is 0 Å². The van der Waals surface area contributed by atoms with Gasteiger partial charge in [-0.15, -0.1) is 0 Å². The molecule has 2 aromatic rings. The van der Waals surface area contributed by atoms with Gasteiger partial charge in [0.15, 0.2) is 0 Å². The summed E-state index contributed by atoms with van der Waals surface area (Å²) in [5.41, 5.74) is 10.6. The highest BCUT2D eigenvalue weighted by Gasteiger charge is 2.27. The summed E-state index contributed by atoms with van der Waals surface area (Å²) in [6.45, 7) is 12.6. The molecule has 1 aliphatic heterocycles. The van der Waals surface area contributed by atoms with Gasteiger partial charge in [0, 0.05) is 49.9 Å². The Morgan fingerprint density at radius 1 is 1.09 bits per heavy atom. The lowest BCUT2D eigenvalue weighted by Crippen LogP contribution is -2.48. The zero-order valence-corrected chi connectivity index (χ0v) is 20.1. The number of unbranched alkanes of at least 4 members (excludes halogenated alkanes) is 1. The van der Waals surface area contributed by atoms with Crippen LogP contribution in [0.5, 0.6) is 6.01 Å². The van der Waals surface area contributed by atoms with E-state index in [1.165, 1.54) is 5.56 Å². The SMILES string of the molecule is CCCCOc1nc(N)c2c(n1)C(C(O)c1ccc(CN3CCN(C(C)C)CC3)cc1)=CC2. The standard InChI is InChI=1S/C26H37N5O2/c1-4-5-16-33-26-28-23-21(10-11-22(23)25(27)29-26)24(32)20-8-6-19(7-9-20)17-30-12-14-31(15-13-30)18(2)3/h6-10,18,24,32H,4-5,11-17H2,1-3H3,(H2,27,28,29). The molecule has 0 radical (unpaired) electrons. The molecule has 33 heavy (non-hydrogen) atoms. The van der Waals surface area contributed by atoms with Crippen LogP contribution in [0.3, 0.4) is 0 Å². The van der Waals surface area contributed by atoms with Crippen molar-refractivity contribution in [1.29, 1.82) is 0 Å². The van der Waals surface area contributed by atoms with E-state index in [-0.39, 0.29) is 6.01 Å². The van der Waals surface area contributed by atoms with E-state index in [0.717, 1.165) is 62.3 Å². The maximum atomic E-state index is 11.1. The lowest BCUT2D eigenvalue weighted by molar-refractivity contribution is 0.104. The zero-order chi connectivity index (χ0) is 23.4. The molecule has 4 rings (SSSR count). The summed E-state index contributed by atoms with van der Waals surface area (Å²) < 4.78 is 5.68. The number of allylic oxidation sites excluding steroid dienone is 1. The number of benzene rings is 1. The Morgan fingerprint density at radius 2 is 1.82 bits per heavy atom. The molecule has 178 valence electrons. The molecule has 1 aromatic carbocycles. The quantitative estimate of drug-likeness (QED) is 0.565. The molecule has 0 saturated carbocycles. The number of nitrogens with zero attached hydrogens (tertiary/aromatic N) is 4. The summed E-state index contributed by atoms with van der Waals surface area (Å²) >= 11 is 0. The summed E-state index contributed by atoms with van der Waals surface area (Å²) in [6, 6.07) is 9.18. The van der Waals surface area contributed by atoms with Gasteiger partial charge in [-0.05, 0) is 37.8 Å². The predicted molar refractivity (Wildman–Crippen MR) is 132 cm³/mol. The number of aliphatic hydroxyl groups excluding tert-OH is 1. The predicted octanol–water partition coefficient (Wildman–Crippen LogP) is 3.44. The molecule has 1 aromatic heterocycles. The first-order valence-corrected chi connectivity index (χ1v) is 12.2. The van der Waals surface area contributed by atoms with Gasteiger partial charge in [0.05, 0.1) is 12.3 Å². The molecule has 7 heteroatoms. The number of piperazine rings is 1. The fourth-order valence-electron chi connectivity index (χ4n) is 4.52. The number of rotatable bonds is 9. The van der Waals surface area contributed by atoms with E-state index < -0.39 is 6.10 Å². The minimum Gasteiger partial charge on any atom is -0.463 e. The molecular formula is C26H37N5O2. The highest BCUT2D eigenvalue weighted by atomic mass is 16.5. The van der Waals surface area contributed by atoms with Gasteiger partial charge >= 0.3 is 6.01 Å². The molecule has 1 atom stereocenters. The Balaban J connectivity index is 1.41. The van der Waals surface area contributed by atoms with E-state index in [9.17, 15) is 5.11 Å². The largest absolute Gasteiger partial charge is 0.463 e. The minimum absolute atomic E-state index is 0.285. The molecule has 0 bridgehead atoms. The molecule has 7 nitrogen and oxygen atoms in total. The summed E-state index contributed by atoms with van der Waals surface area (Å²) in [5.74, 6) is 0.429. The summed E-state index contributed by atoms with van der Waals surface area (Å²) in [7, 11) is 0. The van der Waals surface area contributed by atoms with Gasteiger partial charge in [-0.2, -0.15) is 9.97 Å². The van der Waals surface area contributed by atoms with Crippen LogP contribution in [0.25, 0.3) is 5.57 Å². The van der Waals surface area contributed by atoms with Crippen LogP contribution in [-0.2, 0) is 13.0 Å². The Kier molecular flexibility index (Phi) is 7.63. The Labute approximate surface area is 197 Å². The summed E-state index contributed by atoms with van der Waals surface area (Å²) in [5, 5.41) is 11.1. The van der Waals surface area contributed by atoms with E-state index in [4.69, 9.17) is 10.5 Å². The first kappa shape index (κ1) is 23.7. The lowest BCUT2D eigenvalue weighted by atomic mass is 9.99. The van der Waals surface area contributed by atoms with Crippen molar-refractivity contribution < 1.29 is 9.84 Å². The Bertz CT molecular complexity index is 965. The van der Waals surface area contributed by atoms with E-state index in [1.807, 2.05) is 18.2 Å². The van der Waals surface area contributed by atoms with Crippen LogP contribution in [0.15, 0.2) is 30.3 Å². The van der Waals surface area contributed by atoms with Crippen LogP contribution in [0.1, 0.15) is 62.1 Å². The number of nitrogen functional groups attached to an aromatic ring is 1. The first-order valence-electron chi connectivity index (χ1n) is 12.2. The average Bonchev–Trinajstić information content (AvgIpc) is 3.24. The van der Waals surface area contributed by atoms with E-state index >= 15 is 0 Å². The van der Waals surface area contributed by atoms with Crippen LogP contribution >= 0.6 is 0 Å². The highest BCUT2D eigenvalue weighted by molar-refractivity contribution is 5.77. The van der Waals surface area contributed by atoms with Gasteiger partial charge < -0.3 is 15.6 Å². The number of aliphatic hydroxyl groups is 1. The third-order valence-corrected chi connectivity index (χ3v) is 6.68. The van der Waals surface area contributed by atoms with Crippen molar-refractivity contribution >= 4 is 11.4 Å².